The summed E-state index contributed by atoms with van der Waals surface area (Å²) in [5, 5.41) is 3.13. The minimum absolute atomic E-state index is 0.00685. The van der Waals surface area contributed by atoms with Crippen molar-refractivity contribution in [2.24, 2.45) is 4.36 Å². The monoisotopic (exact) mass is 517 g/mol. The standard InChI is InChI=1S/C26H32FN3O3S2/c1-2-6-25(34)28-17-22-18-30(26(31)33-22)21-9-10-23(24(27)15-21)20-11-13-35(32,14-12-20)29-16-19-7-4-3-5-8-19/h3-5,7-10,15,20,22H,2,6,11-14,16-18H2,1H3,(H,28,34)/t20?,22-,35?/m0/s1. The smallest absolute Gasteiger partial charge is 0.414 e. The van der Waals surface area contributed by atoms with Gasteiger partial charge >= 0.3 is 6.09 Å². The van der Waals surface area contributed by atoms with Crippen LogP contribution in [0.25, 0.3) is 0 Å². The highest BCUT2D eigenvalue weighted by Gasteiger charge is 2.33. The Morgan fingerprint density at radius 3 is 2.66 bits per heavy atom. The minimum Gasteiger partial charge on any atom is -0.442 e. The Labute approximate surface area is 212 Å². The quantitative estimate of drug-likeness (QED) is 0.474. The highest BCUT2D eigenvalue weighted by atomic mass is 32.2. The van der Waals surface area contributed by atoms with E-state index in [0.717, 1.165) is 23.4 Å². The van der Waals surface area contributed by atoms with Crippen LogP contribution in [-0.2, 0) is 21.0 Å². The molecule has 0 aliphatic carbocycles. The van der Waals surface area contributed by atoms with Gasteiger partial charge in [-0.25, -0.2) is 17.8 Å². The number of ether oxygens (including phenoxy) is 1. The van der Waals surface area contributed by atoms with Gasteiger partial charge in [-0.3, -0.25) is 4.90 Å². The molecule has 0 bridgehead atoms. The number of halogens is 1. The van der Waals surface area contributed by atoms with Crippen LogP contribution in [0.15, 0.2) is 52.9 Å². The van der Waals surface area contributed by atoms with Gasteiger partial charge in [-0.1, -0.05) is 55.5 Å². The van der Waals surface area contributed by atoms with Gasteiger partial charge in [-0.05, 0) is 54.9 Å². The molecule has 9 heteroatoms. The van der Waals surface area contributed by atoms with E-state index in [1.165, 1.54) is 11.0 Å². The van der Waals surface area contributed by atoms with Crippen LogP contribution in [0.1, 0.15) is 49.7 Å². The second kappa shape index (κ2) is 11.5. The third kappa shape index (κ3) is 6.58. The summed E-state index contributed by atoms with van der Waals surface area (Å²) in [5.41, 5.74) is 2.13. The zero-order valence-corrected chi connectivity index (χ0v) is 21.6. The second-order valence-corrected chi connectivity index (χ2v) is 12.2. The fourth-order valence-corrected chi connectivity index (χ4v) is 6.95. The number of hydrogen-bond acceptors (Lipinski definition) is 5. The van der Waals surface area contributed by atoms with Gasteiger partial charge in [-0.2, -0.15) is 0 Å². The lowest BCUT2D eigenvalue weighted by Crippen LogP contribution is -2.33. The van der Waals surface area contributed by atoms with Crippen LogP contribution in [0.3, 0.4) is 0 Å². The molecular formula is C26H32FN3O3S2. The summed E-state index contributed by atoms with van der Waals surface area (Å²) in [7, 11) is -2.27. The van der Waals surface area contributed by atoms with E-state index in [2.05, 4.69) is 16.6 Å². The van der Waals surface area contributed by atoms with Crippen LogP contribution < -0.4 is 10.2 Å². The molecule has 2 aromatic rings. The molecule has 2 aromatic carbocycles. The van der Waals surface area contributed by atoms with E-state index in [1.807, 2.05) is 30.3 Å². The lowest BCUT2D eigenvalue weighted by Gasteiger charge is -2.26. The summed E-state index contributed by atoms with van der Waals surface area (Å²) in [6, 6.07) is 14.7. The van der Waals surface area contributed by atoms with Gasteiger partial charge in [0.15, 0.2) is 0 Å². The van der Waals surface area contributed by atoms with Crippen molar-refractivity contribution in [1.82, 2.24) is 5.32 Å². The molecule has 35 heavy (non-hydrogen) atoms. The highest BCUT2D eigenvalue weighted by Crippen LogP contribution is 2.34. The molecule has 6 nitrogen and oxygen atoms in total. The molecule has 0 unspecified atom stereocenters. The van der Waals surface area contributed by atoms with Crippen LogP contribution in [0.2, 0.25) is 0 Å². The first kappa shape index (κ1) is 25.6. The molecule has 0 radical (unpaired) electrons. The fourth-order valence-electron chi connectivity index (χ4n) is 4.51. The fraction of sp³-hybridized carbons (Fsp3) is 0.462. The number of benzene rings is 2. The zero-order valence-electron chi connectivity index (χ0n) is 20.0. The van der Waals surface area contributed by atoms with E-state index in [9.17, 15) is 9.00 Å². The average Bonchev–Trinajstić information content (AvgIpc) is 3.23. The van der Waals surface area contributed by atoms with Gasteiger partial charge in [0, 0.05) is 21.2 Å². The first-order chi connectivity index (χ1) is 16.9. The van der Waals surface area contributed by atoms with Gasteiger partial charge in [-0.15, -0.1) is 0 Å². The highest BCUT2D eigenvalue weighted by molar-refractivity contribution is 7.93. The molecule has 0 spiro atoms. The molecule has 2 aliphatic rings. The van der Waals surface area contributed by atoms with Crippen molar-refractivity contribution >= 4 is 38.7 Å². The summed E-state index contributed by atoms with van der Waals surface area (Å²) in [4.78, 5) is 14.6. The molecule has 2 saturated heterocycles. The number of carbonyl (C=O) groups is 1. The zero-order chi connectivity index (χ0) is 24.8. The summed E-state index contributed by atoms with van der Waals surface area (Å²) < 4.78 is 38.2. The lowest BCUT2D eigenvalue weighted by molar-refractivity contribution is 0.143. The average molecular weight is 518 g/mol. The Morgan fingerprint density at radius 1 is 1.23 bits per heavy atom. The summed E-state index contributed by atoms with van der Waals surface area (Å²) in [5.74, 6) is 0.588. The molecule has 0 saturated carbocycles. The number of nitrogens with zero attached hydrogens (tertiary/aromatic N) is 2. The predicted octanol–water partition coefficient (Wildman–Crippen LogP) is 5.41. The van der Waals surface area contributed by atoms with E-state index in [1.54, 1.807) is 12.1 Å². The SMILES string of the molecule is CCCC(=S)NC[C@H]1CN(c2ccc(C3CCS(=O)(=NCc4ccccc4)CC3)c(F)c2)C(=O)O1. The van der Waals surface area contributed by atoms with Crippen molar-refractivity contribution in [3.63, 3.8) is 0 Å². The topological polar surface area (TPSA) is 71.0 Å². The molecule has 1 atom stereocenters. The number of cyclic esters (lactones) is 1. The van der Waals surface area contributed by atoms with Crippen LogP contribution >= 0.6 is 12.2 Å². The number of nitrogens with one attached hydrogen (secondary N) is 1. The summed E-state index contributed by atoms with van der Waals surface area (Å²) >= 11 is 5.25. The molecule has 1 amide bonds. The van der Waals surface area contributed by atoms with Crippen molar-refractivity contribution in [2.75, 3.05) is 29.5 Å². The number of hydrogen-bond donors (Lipinski definition) is 1. The predicted molar refractivity (Wildman–Crippen MR) is 142 cm³/mol. The molecular weight excluding hydrogens is 485 g/mol. The van der Waals surface area contributed by atoms with Gasteiger partial charge in [0.25, 0.3) is 0 Å². The number of carbonyl (C=O) groups excluding carboxylic acids is 1. The first-order valence-corrected chi connectivity index (χ1v) is 14.4. The van der Waals surface area contributed by atoms with Crippen molar-refractivity contribution < 1.29 is 18.1 Å². The van der Waals surface area contributed by atoms with E-state index in [0.29, 0.717) is 55.2 Å². The molecule has 0 aromatic heterocycles. The van der Waals surface area contributed by atoms with Crippen LogP contribution in [0.4, 0.5) is 14.9 Å². The maximum absolute atomic E-state index is 15.1. The van der Waals surface area contributed by atoms with Gasteiger partial charge in [0.2, 0.25) is 0 Å². The van der Waals surface area contributed by atoms with Gasteiger partial charge in [0.1, 0.15) is 11.9 Å². The summed E-state index contributed by atoms with van der Waals surface area (Å²) in [6.45, 7) is 3.28. The van der Waals surface area contributed by atoms with E-state index >= 15 is 4.39 Å². The van der Waals surface area contributed by atoms with E-state index in [4.69, 9.17) is 17.0 Å². The Balaban J connectivity index is 1.35. The van der Waals surface area contributed by atoms with Crippen LogP contribution in [0.5, 0.6) is 0 Å². The molecule has 4 rings (SSSR count). The largest absolute Gasteiger partial charge is 0.442 e. The molecule has 2 fully saturated rings. The van der Waals surface area contributed by atoms with Crippen LogP contribution in [0, 0.1) is 5.82 Å². The Morgan fingerprint density at radius 2 is 1.97 bits per heavy atom. The van der Waals surface area contributed by atoms with Gasteiger partial charge in [0.05, 0.1) is 30.3 Å². The Hall–Kier alpha value is -2.52. The lowest BCUT2D eigenvalue weighted by atomic mass is 9.93. The molecule has 188 valence electrons. The van der Waals surface area contributed by atoms with Crippen molar-refractivity contribution in [3.8, 4) is 0 Å². The van der Waals surface area contributed by atoms with Crippen molar-refractivity contribution in [2.45, 2.75) is 51.2 Å². The van der Waals surface area contributed by atoms with Crippen molar-refractivity contribution in [1.29, 1.82) is 0 Å². The number of anilines is 1. The first-order valence-electron chi connectivity index (χ1n) is 12.1. The van der Waals surface area contributed by atoms with Crippen molar-refractivity contribution in [3.05, 3.63) is 65.5 Å². The molecule has 2 heterocycles. The number of rotatable bonds is 8. The Bertz CT molecular complexity index is 1170. The third-order valence-corrected chi connectivity index (χ3v) is 9.20. The van der Waals surface area contributed by atoms with E-state index < -0.39 is 15.8 Å². The van der Waals surface area contributed by atoms with Gasteiger partial charge < -0.3 is 10.1 Å². The molecule has 2 aliphatic heterocycles. The second-order valence-electron chi connectivity index (χ2n) is 9.10. The number of thiocarbonyl (C=S) groups is 1. The third-order valence-electron chi connectivity index (χ3n) is 6.51. The van der Waals surface area contributed by atoms with Crippen LogP contribution in [-0.4, -0.2) is 46.0 Å². The maximum Gasteiger partial charge on any atom is 0.414 e. The normalized spacial score (nSPS) is 24.2. The summed E-state index contributed by atoms with van der Waals surface area (Å²) in [6.07, 6.45) is 2.18. The Kier molecular flexibility index (Phi) is 8.38. The van der Waals surface area contributed by atoms with E-state index in [-0.39, 0.29) is 17.8 Å². The number of amides is 1. The minimum atomic E-state index is -2.27. The maximum atomic E-state index is 15.1. The molecule has 1 N–H and O–H groups in total.